The topological polar surface area (TPSA) is 91.4 Å². The van der Waals surface area contributed by atoms with Gasteiger partial charge in [0.15, 0.2) is 0 Å². The zero-order valence-corrected chi connectivity index (χ0v) is 17.4. The second kappa shape index (κ2) is 8.14. The summed E-state index contributed by atoms with van der Waals surface area (Å²) >= 11 is 0. The number of carbonyl (C=O) groups excluding carboxylic acids is 3. The van der Waals surface area contributed by atoms with Gasteiger partial charge in [0.05, 0.1) is 12.0 Å². The minimum Gasteiger partial charge on any atom is -0.463 e. The molecule has 3 rings (SSSR count). The maximum absolute atomic E-state index is 12.5. The molecule has 29 heavy (non-hydrogen) atoms. The maximum atomic E-state index is 12.5. The van der Waals surface area contributed by atoms with Crippen molar-refractivity contribution in [1.29, 1.82) is 0 Å². The van der Waals surface area contributed by atoms with Gasteiger partial charge in [-0.2, -0.15) is 0 Å². The Bertz CT molecular complexity index is 793. The maximum Gasteiger partial charge on any atom is 0.334 e. The SMILES string of the molecule is C=C1C(=O)OC2C=C(C)CCC3OC3(COC(C)=O)CC(OC(=O)C(C)=CC)C12. The summed E-state index contributed by atoms with van der Waals surface area (Å²) in [5, 5.41) is 0. The number of esters is 3. The number of hydrogen-bond donors (Lipinski definition) is 0. The van der Waals surface area contributed by atoms with Crippen LogP contribution in [0.1, 0.15) is 47.0 Å². The van der Waals surface area contributed by atoms with E-state index >= 15 is 0 Å². The van der Waals surface area contributed by atoms with E-state index in [1.165, 1.54) is 6.92 Å². The first-order valence-corrected chi connectivity index (χ1v) is 9.89. The van der Waals surface area contributed by atoms with Gasteiger partial charge in [-0.3, -0.25) is 4.79 Å². The minimum absolute atomic E-state index is 0.0745. The molecule has 5 unspecified atom stereocenters. The Morgan fingerprint density at radius 1 is 1.38 bits per heavy atom. The molecule has 7 heteroatoms. The van der Waals surface area contributed by atoms with Crippen LogP contribution in [0.15, 0.2) is 35.5 Å². The monoisotopic (exact) mass is 404 g/mol. The van der Waals surface area contributed by atoms with E-state index in [0.717, 1.165) is 18.4 Å². The summed E-state index contributed by atoms with van der Waals surface area (Å²) in [5.41, 5.74) is 1.05. The van der Waals surface area contributed by atoms with E-state index in [1.54, 1.807) is 19.9 Å². The summed E-state index contributed by atoms with van der Waals surface area (Å²) < 4.78 is 22.6. The van der Waals surface area contributed by atoms with Crippen LogP contribution in [0.2, 0.25) is 0 Å². The highest BCUT2D eigenvalue weighted by atomic mass is 16.6. The van der Waals surface area contributed by atoms with E-state index in [1.807, 2.05) is 13.0 Å². The molecular formula is C22H28O7. The third kappa shape index (κ3) is 4.45. The van der Waals surface area contributed by atoms with Crippen molar-refractivity contribution < 1.29 is 33.3 Å². The Hall–Kier alpha value is -2.41. The Kier molecular flexibility index (Phi) is 5.98. The molecule has 7 nitrogen and oxygen atoms in total. The number of ether oxygens (including phenoxy) is 4. The summed E-state index contributed by atoms with van der Waals surface area (Å²) in [6.45, 7) is 10.7. The summed E-state index contributed by atoms with van der Waals surface area (Å²) in [4.78, 5) is 36.2. The summed E-state index contributed by atoms with van der Waals surface area (Å²) in [6, 6.07) is 0. The quantitative estimate of drug-likeness (QED) is 0.234. The highest BCUT2D eigenvalue weighted by Gasteiger charge is 2.60. The van der Waals surface area contributed by atoms with E-state index in [2.05, 4.69) is 6.58 Å². The van der Waals surface area contributed by atoms with Crippen LogP contribution in [0.25, 0.3) is 0 Å². The number of rotatable bonds is 4. The standard InChI is InChI=1S/C22H28O7/c1-6-13(3)20(24)28-17-10-22(11-26-15(5)23)18(29-22)8-7-12(2)9-16-19(17)14(4)21(25)27-16/h6,9,16-19H,4,7-8,10-11H2,1-3,5H3. The number of epoxide rings is 1. The van der Waals surface area contributed by atoms with Crippen LogP contribution in [-0.2, 0) is 33.3 Å². The Balaban J connectivity index is 1.96. The molecule has 0 spiro atoms. The largest absolute Gasteiger partial charge is 0.463 e. The smallest absolute Gasteiger partial charge is 0.334 e. The fourth-order valence-corrected chi connectivity index (χ4v) is 3.99. The van der Waals surface area contributed by atoms with Crippen molar-refractivity contribution in [3.63, 3.8) is 0 Å². The Morgan fingerprint density at radius 2 is 2.10 bits per heavy atom. The fraction of sp³-hybridized carbons (Fsp3) is 0.591. The molecule has 2 aliphatic heterocycles. The molecule has 0 N–H and O–H groups in total. The lowest BCUT2D eigenvalue weighted by atomic mass is 9.82. The zero-order valence-electron chi connectivity index (χ0n) is 17.4. The first kappa shape index (κ1) is 21.3. The summed E-state index contributed by atoms with van der Waals surface area (Å²) in [5.74, 6) is -1.89. The molecule has 158 valence electrons. The molecule has 0 saturated carbocycles. The highest BCUT2D eigenvalue weighted by Crippen LogP contribution is 2.48. The van der Waals surface area contributed by atoms with E-state index < -0.39 is 41.6 Å². The van der Waals surface area contributed by atoms with Crippen LogP contribution in [0, 0.1) is 5.92 Å². The molecule has 2 fully saturated rings. The van der Waals surface area contributed by atoms with Crippen LogP contribution < -0.4 is 0 Å². The molecule has 0 radical (unpaired) electrons. The van der Waals surface area contributed by atoms with Gasteiger partial charge in [0.2, 0.25) is 0 Å². The number of hydrogen-bond acceptors (Lipinski definition) is 7. The molecule has 0 bridgehead atoms. The number of carbonyl (C=O) groups is 3. The number of fused-ring (bicyclic) bond motifs is 2. The van der Waals surface area contributed by atoms with Crippen LogP contribution in [0.3, 0.4) is 0 Å². The van der Waals surface area contributed by atoms with Crippen molar-refractivity contribution in [3.8, 4) is 0 Å². The summed E-state index contributed by atoms with van der Waals surface area (Å²) in [6.07, 6.45) is 4.00. The van der Waals surface area contributed by atoms with E-state index in [-0.39, 0.29) is 24.7 Å². The van der Waals surface area contributed by atoms with Gasteiger partial charge in [-0.25, -0.2) is 9.59 Å². The molecule has 0 amide bonds. The molecule has 0 aromatic rings. The summed E-state index contributed by atoms with van der Waals surface area (Å²) in [7, 11) is 0. The Morgan fingerprint density at radius 3 is 2.76 bits per heavy atom. The third-order valence-electron chi connectivity index (χ3n) is 5.90. The van der Waals surface area contributed by atoms with Crippen LogP contribution >= 0.6 is 0 Å². The van der Waals surface area contributed by atoms with Crippen LogP contribution in [0.4, 0.5) is 0 Å². The van der Waals surface area contributed by atoms with Crippen molar-refractivity contribution in [2.24, 2.45) is 5.92 Å². The first-order chi connectivity index (χ1) is 13.7. The third-order valence-corrected chi connectivity index (χ3v) is 5.90. The molecule has 0 aromatic carbocycles. The molecule has 2 heterocycles. The van der Waals surface area contributed by atoms with Gasteiger partial charge in [-0.15, -0.1) is 0 Å². The average molecular weight is 404 g/mol. The number of allylic oxidation sites excluding steroid dienone is 2. The lowest BCUT2D eigenvalue weighted by Gasteiger charge is -2.29. The fourth-order valence-electron chi connectivity index (χ4n) is 3.99. The lowest BCUT2D eigenvalue weighted by Crippen LogP contribution is -2.39. The van der Waals surface area contributed by atoms with Crippen molar-refractivity contribution in [1.82, 2.24) is 0 Å². The van der Waals surface area contributed by atoms with Gasteiger partial charge in [-0.1, -0.05) is 18.2 Å². The van der Waals surface area contributed by atoms with Gasteiger partial charge in [0.25, 0.3) is 0 Å². The predicted octanol–water partition coefficient (Wildman–Crippen LogP) is 2.79. The minimum atomic E-state index is -0.742. The van der Waals surface area contributed by atoms with Crippen LogP contribution in [0.5, 0.6) is 0 Å². The average Bonchev–Trinajstić information content (AvgIpc) is 3.28. The van der Waals surface area contributed by atoms with Gasteiger partial charge >= 0.3 is 17.9 Å². The van der Waals surface area contributed by atoms with Crippen molar-refractivity contribution in [2.45, 2.75) is 70.9 Å². The van der Waals surface area contributed by atoms with Crippen molar-refractivity contribution in [2.75, 3.05) is 6.61 Å². The van der Waals surface area contributed by atoms with E-state index in [0.29, 0.717) is 5.57 Å². The zero-order chi connectivity index (χ0) is 21.3. The molecule has 5 atom stereocenters. The van der Waals surface area contributed by atoms with Gasteiger partial charge in [0, 0.05) is 24.5 Å². The predicted molar refractivity (Wildman–Crippen MR) is 104 cm³/mol. The van der Waals surface area contributed by atoms with Gasteiger partial charge < -0.3 is 18.9 Å². The Labute approximate surface area is 170 Å². The lowest BCUT2D eigenvalue weighted by molar-refractivity contribution is -0.151. The van der Waals surface area contributed by atoms with Crippen molar-refractivity contribution in [3.05, 3.63) is 35.5 Å². The second-order valence-corrected chi connectivity index (χ2v) is 8.04. The highest BCUT2D eigenvalue weighted by molar-refractivity contribution is 5.92. The molecular weight excluding hydrogens is 376 g/mol. The van der Waals surface area contributed by atoms with Gasteiger partial charge in [0.1, 0.15) is 24.4 Å². The van der Waals surface area contributed by atoms with Crippen molar-refractivity contribution >= 4 is 17.9 Å². The molecule has 3 aliphatic rings. The normalized spacial score (nSPS) is 34.3. The first-order valence-electron chi connectivity index (χ1n) is 9.89. The molecule has 2 saturated heterocycles. The van der Waals surface area contributed by atoms with E-state index in [9.17, 15) is 14.4 Å². The van der Waals surface area contributed by atoms with E-state index in [4.69, 9.17) is 18.9 Å². The molecule has 0 aromatic heterocycles. The second-order valence-electron chi connectivity index (χ2n) is 8.04. The van der Waals surface area contributed by atoms with Crippen LogP contribution in [-0.4, -0.2) is 48.4 Å². The molecule has 1 aliphatic carbocycles. The van der Waals surface area contributed by atoms with Gasteiger partial charge in [-0.05, 0) is 39.7 Å².